The van der Waals surface area contributed by atoms with Crippen LogP contribution in [0.15, 0.2) is 46.5 Å². The van der Waals surface area contributed by atoms with Crippen LogP contribution in [-0.4, -0.2) is 28.3 Å². The third-order valence-corrected chi connectivity index (χ3v) is 5.20. The number of nitrogens with one attached hydrogen (secondary N) is 1. The molecule has 0 unspecified atom stereocenters. The topological polar surface area (TPSA) is 46.4 Å². The van der Waals surface area contributed by atoms with Crippen molar-refractivity contribution in [3.63, 3.8) is 0 Å². The van der Waals surface area contributed by atoms with Gasteiger partial charge in [0, 0.05) is 10.8 Å². The summed E-state index contributed by atoms with van der Waals surface area (Å²) in [5, 5.41) is 4.43. The Morgan fingerprint density at radius 1 is 1.29 bits per heavy atom. The van der Waals surface area contributed by atoms with E-state index in [-0.39, 0.29) is 36.5 Å². The van der Waals surface area contributed by atoms with Crippen LogP contribution in [0.25, 0.3) is 11.7 Å². The largest absolute Gasteiger partial charge is 0.317 e. The molecule has 2 aliphatic rings. The second-order valence-electron chi connectivity index (χ2n) is 5.65. The third kappa shape index (κ3) is 3.70. The first kappa shape index (κ1) is 19.1. The zero-order valence-corrected chi connectivity index (χ0v) is 15.4. The van der Waals surface area contributed by atoms with Gasteiger partial charge in [0.1, 0.15) is 5.65 Å². The van der Waals surface area contributed by atoms with Crippen LogP contribution in [0.2, 0.25) is 0 Å². The molecule has 2 aromatic heterocycles. The van der Waals surface area contributed by atoms with E-state index < -0.39 is 0 Å². The summed E-state index contributed by atoms with van der Waals surface area (Å²) in [6.07, 6.45) is 9.55. The maximum absolute atomic E-state index is 12.3. The Labute approximate surface area is 157 Å². The van der Waals surface area contributed by atoms with Crippen molar-refractivity contribution in [1.29, 1.82) is 0 Å². The lowest BCUT2D eigenvalue weighted by molar-refractivity contribution is -0.118. The minimum Gasteiger partial charge on any atom is -0.317 e. The highest BCUT2D eigenvalue weighted by atomic mass is 35.5. The van der Waals surface area contributed by atoms with Gasteiger partial charge in [-0.2, -0.15) is 0 Å². The van der Waals surface area contributed by atoms with E-state index in [4.69, 9.17) is 0 Å². The van der Waals surface area contributed by atoms with Gasteiger partial charge in [0.25, 0.3) is 0 Å². The molecule has 0 aliphatic carbocycles. The molecule has 128 valence electrons. The Bertz CT molecular complexity index is 794. The van der Waals surface area contributed by atoms with E-state index in [1.54, 1.807) is 17.8 Å². The Hall–Kier alpha value is -1.27. The molecule has 1 N–H and O–H groups in total. The lowest BCUT2D eigenvalue weighted by Gasteiger charge is -2.20. The summed E-state index contributed by atoms with van der Waals surface area (Å²) >= 11 is 1.68. The molecule has 2 aromatic rings. The molecule has 1 fully saturated rings. The smallest absolute Gasteiger partial charge is 0.158 e. The van der Waals surface area contributed by atoms with Crippen LogP contribution >= 0.6 is 36.6 Å². The van der Waals surface area contributed by atoms with E-state index in [9.17, 15) is 4.79 Å². The predicted molar refractivity (Wildman–Crippen MR) is 103 cm³/mol. The Kier molecular flexibility index (Phi) is 6.52. The molecule has 4 heterocycles. The van der Waals surface area contributed by atoms with Crippen LogP contribution in [0.4, 0.5) is 0 Å². The van der Waals surface area contributed by atoms with Gasteiger partial charge in [0.05, 0.1) is 16.9 Å². The first-order chi connectivity index (χ1) is 10.8. The maximum Gasteiger partial charge on any atom is 0.158 e. The van der Waals surface area contributed by atoms with Crippen LogP contribution in [0.5, 0.6) is 0 Å². The molecule has 0 amide bonds. The first-order valence-electron chi connectivity index (χ1n) is 7.60. The van der Waals surface area contributed by atoms with Crippen molar-refractivity contribution in [3.8, 4) is 0 Å². The number of pyridine rings is 1. The summed E-state index contributed by atoms with van der Waals surface area (Å²) in [6, 6.07) is 6.10. The van der Waals surface area contributed by atoms with Crippen LogP contribution in [0, 0.1) is 5.92 Å². The summed E-state index contributed by atoms with van der Waals surface area (Å²) in [4.78, 5) is 17.7. The number of nitrogens with zero attached hydrogens (tertiary/aromatic N) is 2. The minimum absolute atomic E-state index is 0. The monoisotopic (exact) mass is 383 g/mol. The Morgan fingerprint density at radius 2 is 2.08 bits per heavy atom. The van der Waals surface area contributed by atoms with Crippen LogP contribution in [0.3, 0.4) is 0 Å². The van der Waals surface area contributed by atoms with E-state index >= 15 is 0 Å². The lowest BCUT2D eigenvalue weighted by Crippen LogP contribution is -2.31. The molecule has 0 bridgehead atoms. The lowest BCUT2D eigenvalue weighted by atomic mass is 9.93. The van der Waals surface area contributed by atoms with Gasteiger partial charge >= 0.3 is 0 Å². The molecule has 7 heteroatoms. The van der Waals surface area contributed by atoms with Crippen molar-refractivity contribution in [2.24, 2.45) is 5.92 Å². The number of aromatic nitrogens is 2. The number of allylic oxidation sites excluding steroid dienone is 2. The number of hydrogen-bond donors (Lipinski definition) is 1. The normalized spacial score (nSPS) is 17.2. The summed E-state index contributed by atoms with van der Waals surface area (Å²) in [6.45, 7) is 1.89. The Morgan fingerprint density at radius 3 is 2.88 bits per heavy atom. The van der Waals surface area contributed by atoms with Crippen molar-refractivity contribution >= 4 is 54.1 Å². The van der Waals surface area contributed by atoms with Gasteiger partial charge in [0.15, 0.2) is 5.78 Å². The minimum atomic E-state index is 0. The van der Waals surface area contributed by atoms with Crippen LogP contribution in [-0.2, 0) is 4.79 Å². The molecule has 4 nitrogen and oxygen atoms in total. The quantitative estimate of drug-likeness (QED) is 0.819. The molecular weight excluding hydrogens is 365 g/mol. The average molecular weight is 384 g/mol. The molecule has 0 saturated carbocycles. The predicted octanol–water partition coefficient (Wildman–Crippen LogP) is 3.75. The number of halogens is 2. The van der Waals surface area contributed by atoms with Crippen molar-refractivity contribution in [1.82, 2.24) is 14.7 Å². The third-order valence-electron chi connectivity index (χ3n) is 4.19. The fourth-order valence-electron chi connectivity index (χ4n) is 3.00. The highest BCUT2D eigenvalue weighted by molar-refractivity contribution is 8.03. The number of carbonyl (C=O) groups excluding carboxylic acids is 1. The second kappa shape index (κ2) is 8.21. The van der Waals surface area contributed by atoms with Crippen molar-refractivity contribution < 1.29 is 4.79 Å². The van der Waals surface area contributed by atoms with Gasteiger partial charge in [-0.25, -0.2) is 4.98 Å². The SMILES string of the molecule is Cl.Cl.O=C(C=CC1=Cc2cnc3cccc(n23)S1)C1CCNCC1. The van der Waals surface area contributed by atoms with Gasteiger partial charge in [0.2, 0.25) is 0 Å². The Balaban J connectivity index is 0.00000104. The van der Waals surface area contributed by atoms with Gasteiger partial charge < -0.3 is 5.32 Å². The molecule has 2 aliphatic heterocycles. The molecule has 1 saturated heterocycles. The van der Waals surface area contributed by atoms with Crippen LogP contribution in [0.1, 0.15) is 18.5 Å². The van der Waals surface area contributed by atoms with Crippen molar-refractivity contribution in [2.45, 2.75) is 17.9 Å². The van der Waals surface area contributed by atoms with Crippen molar-refractivity contribution in [3.05, 3.63) is 47.1 Å². The van der Waals surface area contributed by atoms with E-state index in [0.29, 0.717) is 0 Å². The van der Waals surface area contributed by atoms with Gasteiger partial charge in [-0.05, 0) is 56.3 Å². The number of ketones is 1. The summed E-state index contributed by atoms with van der Waals surface area (Å²) in [5.41, 5.74) is 2.03. The number of carbonyl (C=O) groups is 1. The van der Waals surface area contributed by atoms with E-state index in [2.05, 4.69) is 26.8 Å². The van der Waals surface area contributed by atoms with E-state index in [1.165, 1.54) is 0 Å². The first-order valence-corrected chi connectivity index (χ1v) is 8.41. The van der Waals surface area contributed by atoms with E-state index in [0.717, 1.165) is 47.2 Å². The highest BCUT2D eigenvalue weighted by Gasteiger charge is 2.19. The number of imidazole rings is 1. The molecule has 0 aromatic carbocycles. The van der Waals surface area contributed by atoms with Gasteiger partial charge in [-0.3, -0.25) is 9.20 Å². The number of rotatable bonds is 3. The second-order valence-corrected chi connectivity index (χ2v) is 6.74. The number of piperidine rings is 1. The molecule has 0 atom stereocenters. The van der Waals surface area contributed by atoms with Gasteiger partial charge in [-0.1, -0.05) is 17.8 Å². The molecule has 0 spiro atoms. The molecule has 0 radical (unpaired) electrons. The molecule has 4 rings (SSSR count). The zero-order chi connectivity index (χ0) is 14.9. The highest BCUT2D eigenvalue weighted by Crippen LogP contribution is 2.35. The number of hydrogen-bond acceptors (Lipinski definition) is 4. The van der Waals surface area contributed by atoms with Gasteiger partial charge in [-0.15, -0.1) is 24.8 Å². The fourth-order valence-corrected chi connectivity index (χ4v) is 3.99. The zero-order valence-electron chi connectivity index (χ0n) is 13.0. The summed E-state index contributed by atoms with van der Waals surface area (Å²) in [7, 11) is 0. The maximum atomic E-state index is 12.3. The van der Waals surface area contributed by atoms with Crippen LogP contribution < -0.4 is 5.32 Å². The average Bonchev–Trinajstić information content (AvgIpc) is 2.98. The molecular formula is C17H19Cl2N3OS. The number of thioether (sulfide) groups is 1. The standard InChI is InChI=1S/C17H17N3OS.2ClH/c21-15(12-6-8-18-9-7-12)5-4-14-10-13-11-19-16-2-1-3-17(22-14)20(13)16;;/h1-5,10-12,18H,6-9H2;2*1H. The van der Waals surface area contributed by atoms with Crippen molar-refractivity contribution in [2.75, 3.05) is 13.1 Å². The molecule has 24 heavy (non-hydrogen) atoms. The van der Waals surface area contributed by atoms with E-state index in [1.807, 2.05) is 24.4 Å². The fraction of sp³-hybridized carbons (Fsp3) is 0.294. The summed E-state index contributed by atoms with van der Waals surface area (Å²) < 4.78 is 2.14. The summed E-state index contributed by atoms with van der Waals surface area (Å²) in [5.74, 6) is 0.431.